The third-order valence-electron chi connectivity index (χ3n) is 11.8. The molecule has 1 aromatic heterocycles. The van der Waals surface area contributed by atoms with Crippen molar-refractivity contribution in [1.29, 1.82) is 0 Å². The Morgan fingerprint density at radius 1 is 0.386 bits per heavy atom. The van der Waals surface area contributed by atoms with Crippen molar-refractivity contribution in [3.8, 4) is 0 Å². The van der Waals surface area contributed by atoms with E-state index in [1.165, 1.54) is 70.1 Å². The summed E-state index contributed by atoms with van der Waals surface area (Å²) in [5.41, 5.74) is 14.7. The standard InChI is InChI=1S/C52H34BN3S/c1-5-17-36(18-6-1)54(37-19-7-2-8-20-37)40-30-32-41-35(33-40)29-31-42-43-34-48-49-50(52(43)57-51(41)42)56(39-23-11-4-12-24-39)47-28-16-14-26-45(47)53(49)44-25-13-15-27-46(44)55(48)38-21-9-3-10-22-38/h1-34H. The Bertz CT molecular complexity index is 3100. The molecule has 0 amide bonds. The minimum absolute atomic E-state index is 0.0817. The van der Waals surface area contributed by atoms with Crippen LogP contribution in [-0.2, 0) is 0 Å². The summed E-state index contributed by atoms with van der Waals surface area (Å²) >= 11 is 1.94. The Kier molecular flexibility index (Phi) is 7.19. The second-order valence-corrected chi connectivity index (χ2v) is 15.9. The molecule has 0 unspecified atom stereocenters. The lowest BCUT2D eigenvalue weighted by Crippen LogP contribution is -2.61. The predicted octanol–water partition coefficient (Wildman–Crippen LogP) is 12.8. The van der Waals surface area contributed by atoms with Crippen molar-refractivity contribution in [3.05, 3.63) is 206 Å². The summed E-state index contributed by atoms with van der Waals surface area (Å²) in [7, 11) is 0. The first-order valence-corrected chi connectivity index (χ1v) is 20.4. The van der Waals surface area contributed by atoms with Gasteiger partial charge in [-0.2, -0.15) is 0 Å². The van der Waals surface area contributed by atoms with Gasteiger partial charge in [-0.3, -0.25) is 0 Å². The Hall–Kier alpha value is -7.08. The Morgan fingerprint density at radius 3 is 1.54 bits per heavy atom. The lowest BCUT2D eigenvalue weighted by atomic mass is 9.33. The van der Waals surface area contributed by atoms with Crippen LogP contribution in [0.15, 0.2) is 206 Å². The van der Waals surface area contributed by atoms with Crippen LogP contribution in [0.1, 0.15) is 0 Å². The molecule has 0 fully saturated rings. The molecule has 2 aliphatic rings. The fourth-order valence-corrected chi connectivity index (χ4v) is 10.8. The molecule has 0 aliphatic carbocycles. The van der Waals surface area contributed by atoms with E-state index in [1.807, 2.05) is 11.3 Å². The van der Waals surface area contributed by atoms with E-state index >= 15 is 0 Å². The number of nitrogens with zero attached hydrogens (tertiary/aromatic N) is 3. The first kappa shape index (κ1) is 32.2. The van der Waals surface area contributed by atoms with E-state index in [-0.39, 0.29) is 6.71 Å². The molecule has 0 saturated carbocycles. The average molecular weight is 744 g/mol. The van der Waals surface area contributed by atoms with Crippen LogP contribution in [0, 0.1) is 0 Å². The van der Waals surface area contributed by atoms with Crippen molar-refractivity contribution in [1.82, 2.24) is 0 Å². The minimum Gasteiger partial charge on any atom is -0.311 e. The number of para-hydroxylation sites is 6. The molecule has 5 heteroatoms. The molecule has 0 N–H and O–H groups in total. The maximum Gasteiger partial charge on any atom is 0.252 e. The molecule has 3 nitrogen and oxygen atoms in total. The topological polar surface area (TPSA) is 9.72 Å². The molecule has 0 saturated heterocycles. The Balaban J connectivity index is 1.16. The fraction of sp³-hybridized carbons (Fsp3) is 0. The lowest BCUT2D eigenvalue weighted by molar-refractivity contribution is 1.27. The van der Waals surface area contributed by atoms with Crippen molar-refractivity contribution in [2.45, 2.75) is 0 Å². The molecule has 2 aliphatic heterocycles. The normalized spacial score (nSPS) is 12.8. The van der Waals surface area contributed by atoms with E-state index in [2.05, 4.69) is 221 Å². The quantitative estimate of drug-likeness (QED) is 0.163. The summed E-state index contributed by atoms with van der Waals surface area (Å²) in [6, 6.07) is 75.4. The zero-order valence-electron chi connectivity index (χ0n) is 31.0. The van der Waals surface area contributed by atoms with E-state index in [0.29, 0.717) is 0 Å². The van der Waals surface area contributed by atoms with E-state index in [1.54, 1.807) is 0 Å². The van der Waals surface area contributed by atoms with E-state index in [4.69, 9.17) is 0 Å². The van der Waals surface area contributed by atoms with Crippen LogP contribution in [0.25, 0.3) is 30.9 Å². The predicted molar refractivity (Wildman–Crippen MR) is 246 cm³/mol. The third kappa shape index (κ3) is 4.86. The van der Waals surface area contributed by atoms with Crippen molar-refractivity contribution >= 4 is 117 Å². The molecule has 12 rings (SSSR count). The van der Waals surface area contributed by atoms with Gasteiger partial charge in [-0.1, -0.05) is 127 Å². The summed E-state index contributed by atoms with van der Waals surface area (Å²) in [6.07, 6.45) is 0. The van der Waals surface area contributed by atoms with Gasteiger partial charge in [0.1, 0.15) is 0 Å². The minimum atomic E-state index is 0.0817. The number of hydrogen-bond acceptors (Lipinski definition) is 4. The van der Waals surface area contributed by atoms with E-state index in [0.717, 1.165) is 28.4 Å². The summed E-state index contributed by atoms with van der Waals surface area (Å²) in [6.45, 7) is 0.0817. The van der Waals surface area contributed by atoms with Crippen molar-refractivity contribution in [3.63, 3.8) is 0 Å². The highest BCUT2D eigenvalue weighted by molar-refractivity contribution is 7.27. The van der Waals surface area contributed by atoms with Crippen molar-refractivity contribution < 1.29 is 0 Å². The van der Waals surface area contributed by atoms with Gasteiger partial charge in [0.25, 0.3) is 6.71 Å². The maximum absolute atomic E-state index is 2.54. The van der Waals surface area contributed by atoms with Crippen LogP contribution in [0.4, 0.5) is 51.2 Å². The van der Waals surface area contributed by atoms with Gasteiger partial charge in [0.05, 0.1) is 10.4 Å². The third-order valence-corrected chi connectivity index (χ3v) is 13.0. The molecule has 57 heavy (non-hydrogen) atoms. The average Bonchev–Trinajstić information content (AvgIpc) is 3.66. The van der Waals surface area contributed by atoms with Crippen molar-refractivity contribution in [2.75, 3.05) is 14.7 Å². The number of anilines is 9. The summed E-state index contributed by atoms with van der Waals surface area (Å²) in [4.78, 5) is 7.38. The van der Waals surface area contributed by atoms with Gasteiger partial charge in [-0.05, 0) is 106 Å². The molecule has 0 spiro atoms. The monoisotopic (exact) mass is 743 g/mol. The first-order chi connectivity index (χ1) is 28.3. The van der Waals surface area contributed by atoms with Crippen LogP contribution in [0.5, 0.6) is 0 Å². The van der Waals surface area contributed by atoms with Crippen LogP contribution in [-0.4, -0.2) is 6.71 Å². The second kappa shape index (κ2) is 12.7. The first-order valence-electron chi connectivity index (χ1n) is 19.6. The number of hydrogen-bond donors (Lipinski definition) is 0. The maximum atomic E-state index is 2.54. The number of benzene rings is 9. The molecular weight excluding hydrogens is 709 g/mol. The van der Waals surface area contributed by atoms with Crippen molar-refractivity contribution in [2.24, 2.45) is 0 Å². The van der Waals surface area contributed by atoms with E-state index < -0.39 is 0 Å². The molecule has 9 aromatic carbocycles. The van der Waals surface area contributed by atoms with Gasteiger partial charge in [0.15, 0.2) is 0 Å². The van der Waals surface area contributed by atoms with Gasteiger partial charge in [0.2, 0.25) is 0 Å². The van der Waals surface area contributed by atoms with Gasteiger partial charge in [-0.25, -0.2) is 0 Å². The fourth-order valence-electron chi connectivity index (χ4n) is 9.40. The zero-order chi connectivity index (χ0) is 37.5. The molecule has 0 atom stereocenters. The molecule has 0 bridgehead atoms. The molecule has 0 radical (unpaired) electrons. The summed E-state index contributed by atoms with van der Waals surface area (Å²) in [5.74, 6) is 0. The highest BCUT2D eigenvalue weighted by Gasteiger charge is 2.44. The van der Waals surface area contributed by atoms with Gasteiger partial charge >= 0.3 is 0 Å². The smallest absolute Gasteiger partial charge is 0.252 e. The second-order valence-electron chi connectivity index (χ2n) is 14.9. The largest absolute Gasteiger partial charge is 0.311 e. The van der Waals surface area contributed by atoms with Crippen LogP contribution in [0.3, 0.4) is 0 Å². The Labute approximate surface area is 336 Å². The number of fused-ring (bicyclic) bond motifs is 10. The van der Waals surface area contributed by atoms with E-state index in [9.17, 15) is 0 Å². The molecule has 10 aromatic rings. The van der Waals surface area contributed by atoms with Crippen LogP contribution < -0.4 is 31.1 Å². The summed E-state index contributed by atoms with van der Waals surface area (Å²) < 4.78 is 2.62. The number of rotatable bonds is 5. The molecule has 266 valence electrons. The lowest BCUT2D eigenvalue weighted by Gasteiger charge is -2.44. The SMILES string of the molecule is c1ccc(N(c2ccccc2)c2ccc3c(ccc4c5cc6c7c(c5sc34)N(c3ccccc3)c3ccccc3B7c3ccccc3N6c3ccccc3)c2)cc1. The van der Waals surface area contributed by atoms with Gasteiger partial charge in [-0.15, -0.1) is 11.3 Å². The zero-order valence-corrected chi connectivity index (χ0v) is 31.8. The molecule has 3 heterocycles. The summed E-state index contributed by atoms with van der Waals surface area (Å²) in [5, 5.41) is 5.06. The van der Waals surface area contributed by atoms with Crippen LogP contribution in [0.2, 0.25) is 0 Å². The van der Waals surface area contributed by atoms with Crippen LogP contribution >= 0.6 is 11.3 Å². The highest BCUT2D eigenvalue weighted by atomic mass is 32.1. The Morgan fingerprint density at radius 2 is 0.912 bits per heavy atom. The van der Waals surface area contributed by atoms with Gasteiger partial charge < -0.3 is 14.7 Å². The molecular formula is C52H34BN3S. The highest BCUT2D eigenvalue weighted by Crippen LogP contribution is 2.51. The van der Waals surface area contributed by atoms with Gasteiger partial charge in [0, 0.05) is 61.0 Å². The number of thiophene rings is 1.